The van der Waals surface area contributed by atoms with E-state index in [2.05, 4.69) is 41.0 Å². The van der Waals surface area contributed by atoms with Crippen LogP contribution in [0, 0.1) is 10.8 Å². The molecule has 0 spiro atoms. The van der Waals surface area contributed by atoms with Gasteiger partial charge < -0.3 is 14.6 Å². The zero-order valence-corrected chi connectivity index (χ0v) is 18.0. The number of benzene rings is 1. The summed E-state index contributed by atoms with van der Waals surface area (Å²) in [5.41, 5.74) is 2.50. The van der Waals surface area contributed by atoms with Crippen LogP contribution in [0.4, 0.5) is 5.13 Å². The molecular weight excluding hydrogens is 382 g/mol. The average Bonchev–Trinajstić information content (AvgIpc) is 3.41. The minimum Gasteiger partial charge on any atom is -0.507 e. The van der Waals surface area contributed by atoms with Crippen LogP contribution in [0.1, 0.15) is 46.0 Å². The molecule has 0 radical (unpaired) electrons. The first-order chi connectivity index (χ1) is 13.8. The molecule has 2 aliphatic rings. The van der Waals surface area contributed by atoms with Gasteiger partial charge in [-0.1, -0.05) is 25.2 Å². The van der Waals surface area contributed by atoms with Crippen molar-refractivity contribution in [2.24, 2.45) is 10.8 Å². The fourth-order valence-electron chi connectivity index (χ4n) is 5.54. The minimum atomic E-state index is 0.206. The monoisotopic (exact) mass is 409 g/mol. The van der Waals surface area contributed by atoms with Gasteiger partial charge in [-0.15, -0.1) is 10.2 Å². The molecule has 1 N–H and O–H groups in total. The van der Waals surface area contributed by atoms with Gasteiger partial charge in [0.25, 0.3) is 0 Å². The zero-order chi connectivity index (χ0) is 20.2. The number of imidazole rings is 1. The summed E-state index contributed by atoms with van der Waals surface area (Å²) in [6.45, 7) is 4.90. The smallest absolute Gasteiger partial charge is 0.208 e. The summed E-state index contributed by atoms with van der Waals surface area (Å²) in [4.78, 5) is 6.37. The Hall–Kier alpha value is -2.41. The second-order valence-electron chi connectivity index (χ2n) is 9.53. The summed E-state index contributed by atoms with van der Waals surface area (Å²) in [6, 6.07) is 6.10. The number of phenolic OH excluding ortho intramolecular Hbond substituents is 1. The zero-order valence-electron chi connectivity index (χ0n) is 17.2. The molecule has 0 aliphatic heterocycles. The standard InChI is InChI=1S/C22H27N5OS/c1-21-6-7-22(2,13-21)12-16(11-21)26(3)20-25-24-19(29-20)17-5-4-15(10-18(17)28)27-9-8-23-14-27/h4-5,8-10,14,16,28H,6-7,11-13H2,1-3H3/t16?,21-,22+. The number of nitrogens with zero attached hydrogens (tertiary/aromatic N) is 5. The number of hydrogen-bond acceptors (Lipinski definition) is 6. The van der Waals surface area contributed by atoms with Gasteiger partial charge in [-0.3, -0.25) is 0 Å². The molecule has 6 nitrogen and oxygen atoms in total. The lowest BCUT2D eigenvalue weighted by Crippen LogP contribution is -2.42. The van der Waals surface area contributed by atoms with Gasteiger partial charge in [0.05, 0.1) is 17.6 Å². The Morgan fingerprint density at radius 3 is 2.59 bits per heavy atom. The maximum atomic E-state index is 10.6. The summed E-state index contributed by atoms with van der Waals surface area (Å²) < 4.78 is 1.86. The highest BCUT2D eigenvalue weighted by Gasteiger charge is 2.50. The molecular formula is C22H27N5OS. The van der Waals surface area contributed by atoms with Crippen LogP contribution in [0.2, 0.25) is 0 Å². The molecule has 0 saturated heterocycles. The molecule has 5 rings (SSSR count). The Kier molecular flexibility index (Phi) is 4.21. The van der Waals surface area contributed by atoms with E-state index in [-0.39, 0.29) is 5.75 Å². The molecule has 1 aromatic carbocycles. The van der Waals surface area contributed by atoms with E-state index in [0.717, 1.165) is 15.8 Å². The predicted molar refractivity (Wildman–Crippen MR) is 116 cm³/mol. The normalized spacial score (nSPS) is 28.6. The Morgan fingerprint density at radius 2 is 1.93 bits per heavy atom. The molecule has 2 aromatic heterocycles. The Morgan fingerprint density at radius 1 is 1.17 bits per heavy atom. The lowest BCUT2D eigenvalue weighted by molar-refractivity contribution is 0.148. The maximum Gasteiger partial charge on any atom is 0.208 e. The first-order valence-corrected chi connectivity index (χ1v) is 11.0. The van der Waals surface area contributed by atoms with E-state index in [9.17, 15) is 5.11 Å². The topological polar surface area (TPSA) is 67.1 Å². The quantitative estimate of drug-likeness (QED) is 0.664. The second-order valence-corrected chi connectivity index (χ2v) is 10.5. The van der Waals surface area contributed by atoms with Gasteiger partial charge in [-0.2, -0.15) is 0 Å². The van der Waals surface area contributed by atoms with Crippen molar-refractivity contribution in [2.75, 3.05) is 11.9 Å². The molecule has 2 saturated carbocycles. The third-order valence-electron chi connectivity index (χ3n) is 6.92. The molecule has 2 heterocycles. The predicted octanol–water partition coefficient (Wildman–Crippen LogP) is 4.89. The summed E-state index contributed by atoms with van der Waals surface area (Å²) >= 11 is 1.55. The third kappa shape index (κ3) is 3.31. The summed E-state index contributed by atoms with van der Waals surface area (Å²) in [6.07, 6.45) is 11.8. The Labute approximate surface area is 175 Å². The van der Waals surface area contributed by atoms with E-state index in [1.807, 2.05) is 22.9 Å². The highest BCUT2D eigenvalue weighted by molar-refractivity contribution is 7.18. The van der Waals surface area contributed by atoms with E-state index < -0.39 is 0 Å². The number of phenols is 1. The first-order valence-electron chi connectivity index (χ1n) is 10.2. The van der Waals surface area contributed by atoms with Gasteiger partial charge in [0, 0.05) is 31.5 Å². The molecule has 2 fully saturated rings. The van der Waals surface area contributed by atoms with Crippen LogP contribution in [0.15, 0.2) is 36.9 Å². The van der Waals surface area contributed by atoms with Crippen LogP contribution in [-0.2, 0) is 0 Å². The minimum absolute atomic E-state index is 0.206. The van der Waals surface area contributed by atoms with Crippen molar-refractivity contribution in [3.63, 3.8) is 0 Å². The van der Waals surface area contributed by atoms with Crippen LogP contribution in [0.5, 0.6) is 5.75 Å². The molecule has 152 valence electrons. The van der Waals surface area contributed by atoms with Crippen molar-refractivity contribution in [2.45, 2.75) is 52.0 Å². The lowest BCUT2D eigenvalue weighted by Gasteiger charge is -2.43. The first kappa shape index (κ1) is 18.6. The van der Waals surface area contributed by atoms with E-state index in [1.165, 1.54) is 32.1 Å². The van der Waals surface area contributed by atoms with Crippen molar-refractivity contribution in [1.82, 2.24) is 19.7 Å². The highest BCUT2D eigenvalue weighted by Crippen LogP contribution is 2.59. The SMILES string of the molecule is CN(c1nnc(-c2ccc(-n3ccnc3)cc2O)s1)C1C[C@]2(C)CC[C@](C)(C1)C2. The summed E-state index contributed by atoms with van der Waals surface area (Å²) in [5.74, 6) is 0.206. The molecule has 2 bridgehead atoms. The van der Waals surface area contributed by atoms with Crippen molar-refractivity contribution < 1.29 is 5.11 Å². The molecule has 29 heavy (non-hydrogen) atoms. The molecule has 0 amide bonds. The number of aromatic hydroxyl groups is 1. The van der Waals surface area contributed by atoms with Crippen LogP contribution in [0.25, 0.3) is 16.3 Å². The lowest BCUT2D eigenvalue weighted by atomic mass is 9.68. The molecule has 2 aliphatic carbocycles. The van der Waals surface area contributed by atoms with E-state index in [1.54, 1.807) is 29.9 Å². The molecule has 3 atom stereocenters. The van der Waals surface area contributed by atoms with Crippen LogP contribution < -0.4 is 4.90 Å². The number of anilines is 1. The van der Waals surface area contributed by atoms with Crippen molar-refractivity contribution in [3.05, 3.63) is 36.9 Å². The van der Waals surface area contributed by atoms with Gasteiger partial charge in [-0.25, -0.2) is 4.98 Å². The third-order valence-corrected chi connectivity index (χ3v) is 7.97. The number of rotatable bonds is 4. The van der Waals surface area contributed by atoms with E-state index in [4.69, 9.17) is 0 Å². The fraction of sp³-hybridized carbons (Fsp3) is 0.500. The van der Waals surface area contributed by atoms with Crippen LogP contribution >= 0.6 is 11.3 Å². The van der Waals surface area contributed by atoms with Gasteiger partial charge in [0.2, 0.25) is 5.13 Å². The Bertz CT molecular complexity index is 1010. The molecule has 1 unspecified atom stereocenters. The number of hydrogen-bond donors (Lipinski definition) is 1. The van der Waals surface area contributed by atoms with Crippen molar-refractivity contribution >= 4 is 16.5 Å². The van der Waals surface area contributed by atoms with Crippen molar-refractivity contribution in [1.29, 1.82) is 0 Å². The number of aromatic nitrogens is 4. The van der Waals surface area contributed by atoms with Crippen molar-refractivity contribution in [3.8, 4) is 22.0 Å². The van der Waals surface area contributed by atoms with Crippen LogP contribution in [-0.4, -0.2) is 37.9 Å². The largest absolute Gasteiger partial charge is 0.507 e. The average molecular weight is 410 g/mol. The second kappa shape index (κ2) is 6.55. The van der Waals surface area contributed by atoms with Crippen LogP contribution in [0.3, 0.4) is 0 Å². The molecule has 7 heteroatoms. The van der Waals surface area contributed by atoms with E-state index >= 15 is 0 Å². The van der Waals surface area contributed by atoms with Gasteiger partial charge in [-0.05, 0) is 55.1 Å². The molecule has 3 aromatic rings. The van der Waals surface area contributed by atoms with Gasteiger partial charge >= 0.3 is 0 Å². The van der Waals surface area contributed by atoms with E-state index in [0.29, 0.717) is 22.4 Å². The van der Waals surface area contributed by atoms with Gasteiger partial charge in [0.1, 0.15) is 5.75 Å². The summed E-state index contributed by atoms with van der Waals surface area (Å²) in [7, 11) is 2.15. The highest BCUT2D eigenvalue weighted by atomic mass is 32.1. The maximum absolute atomic E-state index is 10.6. The fourth-order valence-corrected chi connectivity index (χ4v) is 6.45. The van der Waals surface area contributed by atoms with Gasteiger partial charge in [0.15, 0.2) is 5.01 Å². The number of fused-ring (bicyclic) bond motifs is 2. The summed E-state index contributed by atoms with van der Waals surface area (Å²) in [5, 5.41) is 21.1. The Balaban J connectivity index is 1.38.